The van der Waals surface area contributed by atoms with Gasteiger partial charge in [0.15, 0.2) is 11.5 Å². The topological polar surface area (TPSA) is 56.8 Å². The Morgan fingerprint density at radius 2 is 1.83 bits per heavy atom. The van der Waals surface area contributed by atoms with Gasteiger partial charge in [-0.2, -0.15) is 0 Å². The summed E-state index contributed by atoms with van der Waals surface area (Å²) >= 11 is 0. The van der Waals surface area contributed by atoms with Crippen molar-refractivity contribution >= 4 is 5.91 Å². The lowest BCUT2D eigenvalue weighted by Gasteiger charge is -2.26. The molecule has 4 rings (SSSR count). The first-order valence-electron chi connectivity index (χ1n) is 7.78. The summed E-state index contributed by atoms with van der Waals surface area (Å²) in [5.41, 5.74) is 0.0660. The van der Waals surface area contributed by atoms with E-state index in [2.05, 4.69) is 14.8 Å². The van der Waals surface area contributed by atoms with E-state index in [1.165, 1.54) is 12.1 Å². The molecule has 1 saturated heterocycles. The van der Waals surface area contributed by atoms with Crippen LogP contribution in [0.2, 0.25) is 0 Å². The number of benzene rings is 1. The number of rotatable bonds is 3. The summed E-state index contributed by atoms with van der Waals surface area (Å²) in [4.78, 5) is 12.7. The first kappa shape index (κ1) is 14.7. The first-order valence-corrected chi connectivity index (χ1v) is 7.78. The molecule has 1 N–H and O–H groups in total. The Morgan fingerprint density at radius 1 is 1.13 bits per heavy atom. The zero-order valence-corrected chi connectivity index (χ0v) is 12.4. The van der Waals surface area contributed by atoms with Gasteiger partial charge in [-0.25, -0.2) is 0 Å². The second-order valence-corrected chi connectivity index (χ2v) is 6.27. The monoisotopic (exact) mass is 325 g/mol. The molecule has 7 heteroatoms. The van der Waals surface area contributed by atoms with Crippen molar-refractivity contribution in [1.29, 1.82) is 0 Å². The van der Waals surface area contributed by atoms with Gasteiger partial charge in [0.1, 0.15) is 0 Å². The first-order chi connectivity index (χ1) is 11.0. The van der Waals surface area contributed by atoms with Gasteiger partial charge in [-0.15, -0.1) is 8.78 Å². The molecule has 2 heterocycles. The molecule has 1 aromatic rings. The van der Waals surface area contributed by atoms with Crippen LogP contribution in [0.5, 0.6) is 11.5 Å². The maximum absolute atomic E-state index is 13.1. The summed E-state index contributed by atoms with van der Waals surface area (Å²) in [6, 6.07) is 4.72. The van der Waals surface area contributed by atoms with E-state index >= 15 is 0 Å². The number of halogens is 2. The highest BCUT2D eigenvalue weighted by molar-refractivity contribution is 5.91. The number of alkyl halides is 2. The fourth-order valence-electron chi connectivity index (χ4n) is 3.18. The quantitative estimate of drug-likeness (QED) is 0.927. The van der Waals surface area contributed by atoms with Gasteiger partial charge < -0.3 is 19.5 Å². The van der Waals surface area contributed by atoms with Crippen molar-refractivity contribution in [2.24, 2.45) is 0 Å². The molecule has 3 aliphatic rings. The number of hydrogen-bond donors (Lipinski definition) is 1. The fraction of sp³-hybridized carbons (Fsp3) is 0.562. The number of hydrogen-bond acceptors (Lipinski definition) is 4. The van der Waals surface area contributed by atoms with E-state index in [0.29, 0.717) is 31.6 Å². The number of fused-ring (bicyclic) bond motifs is 1. The second-order valence-electron chi connectivity index (χ2n) is 6.27. The summed E-state index contributed by atoms with van der Waals surface area (Å²) in [6.07, 6.45) is -0.622. The van der Waals surface area contributed by atoms with Gasteiger partial charge in [-0.05, 0) is 43.4 Å². The van der Waals surface area contributed by atoms with Crippen molar-refractivity contribution < 1.29 is 27.8 Å². The highest BCUT2D eigenvalue weighted by atomic mass is 19.3. The fourth-order valence-corrected chi connectivity index (χ4v) is 3.18. The number of ether oxygens (including phenoxy) is 3. The van der Waals surface area contributed by atoms with Gasteiger partial charge in [0.25, 0.3) is 0 Å². The Morgan fingerprint density at radius 3 is 2.52 bits per heavy atom. The third-order valence-corrected chi connectivity index (χ3v) is 4.70. The lowest BCUT2D eigenvalue weighted by atomic mass is 9.93. The van der Waals surface area contributed by atoms with Gasteiger partial charge in [-0.1, -0.05) is 6.07 Å². The molecular formula is C16H17F2NO4. The molecule has 0 spiro atoms. The van der Waals surface area contributed by atoms with E-state index in [1.54, 1.807) is 6.07 Å². The molecule has 2 fully saturated rings. The van der Waals surface area contributed by atoms with Crippen LogP contribution in [0.4, 0.5) is 8.78 Å². The standard InChI is InChI=1S/C16H17F2NO4/c17-16(18)22-12-2-1-10(9-13(12)23-16)15(5-6-15)14(20)19-11-3-7-21-8-4-11/h1-2,9,11H,3-8H2,(H,19,20). The summed E-state index contributed by atoms with van der Waals surface area (Å²) in [5, 5.41) is 3.06. The van der Waals surface area contributed by atoms with Crippen molar-refractivity contribution in [1.82, 2.24) is 5.32 Å². The van der Waals surface area contributed by atoms with Gasteiger partial charge in [0, 0.05) is 19.3 Å². The zero-order valence-electron chi connectivity index (χ0n) is 12.4. The summed E-state index contributed by atoms with van der Waals surface area (Å²) < 4.78 is 40.4. The molecule has 0 aromatic heterocycles. The molecule has 0 radical (unpaired) electrons. The molecule has 1 saturated carbocycles. The number of amides is 1. The highest BCUT2D eigenvalue weighted by Crippen LogP contribution is 2.51. The van der Waals surface area contributed by atoms with Gasteiger partial charge >= 0.3 is 6.29 Å². The van der Waals surface area contributed by atoms with Crippen LogP contribution >= 0.6 is 0 Å². The minimum Gasteiger partial charge on any atom is -0.395 e. The summed E-state index contributed by atoms with van der Waals surface area (Å²) in [7, 11) is 0. The minimum atomic E-state index is -3.64. The maximum Gasteiger partial charge on any atom is 0.586 e. The van der Waals surface area contributed by atoms with E-state index in [1.807, 2.05) is 0 Å². The maximum atomic E-state index is 13.1. The lowest BCUT2D eigenvalue weighted by molar-refractivity contribution is -0.286. The smallest absolute Gasteiger partial charge is 0.395 e. The highest BCUT2D eigenvalue weighted by Gasteiger charge is 2.53. The van der Waals surface area contributed by atoms with E-state index in [9.17, 15) is 13.6 Å². The molecule has 2 aliphatic heterocycles. The van der Waals surface area contributed by atoms with Crippen LogP contribution in [0.3, 0.4) is 0 Å². The normalized spacial score (nSPS) is 24.3. The van der Waals surface area contributed by atoms with Crippen LogP contribution in [0, 0.1) is 0 Å². The lowest BCUT2D eigenvalue weighted by Crippen LogP contribution is -2.44. The third kappa shape index (κ3) is 2.63. The molecule has 23 heavy (non-hydrogen) atoms. The Kier molecular flexibility index (Phi) is 3.23. The largest absolute Gasteiger partial charge is 0.586 e. The Bertz CT molecular complexity index is 639. The minimum absolute atomic E-state index is 0.000567. The zero-order chi connectivity index (χ0) is 16.1. The van der Waals surface area contributed by atoms with Crippen molar-refractivity contribution in [2.75, 3.05) is 13.2 Å². The Labute approximate surface area is 131 Å². The summed E-state index contributed by atoms with van der Waals surface area (Å²) in [5.74, 6) is -0.0629. The van der Waals surface area contributed by atoms with Crippen molar-refractivity contribution in [3.63, 3.8) is 0 Å². The molecule has 5 nitrogen and oxygen atoms in total. The molecule has 1 aliphatic carbocycles. The van der Waals surface area contributed by atoms with Gasteiger partial charge in [0.2, 0.25) is 5.91 Å². The second kappa shape index (κ2) is 5.06. The van der Waals surface area contributed by atoms with Gasteiger partial charge in [-0.3, -0.25) is 4.79 Å². The predicted octanol–water partition coefficient (Wildman–Crippen LogP) is 2.33. The molecule has 124 valence electrons. The number of nitrogens with one attached hydrogen (secondary N) is 1. The van der Waals surface area contributed by atoms with E-state index in [-0.39, 0.29) is 23.4 Å². The van der Waals surface area contributed by atoms with Crippen LogP contribution in [-0.4, -0.2) is 31.5 Å². The van der Waals surface area contributed by atoms with Crippen LogP contribution in [0.1, 0.15) is 31.2 Å². The molecule has 0 bridgehead atoms. The number of carbonyl (C=O) groups is 1. The van der Waals surface area contributed by atoms with Crippen molar-refractivity contribution in [3.8, 4) is 11.5 Å². The third-order valence-electron chi connectivity index (χ3n) is 4.70. The SMILES string of the molecule is O=C(NC1CCOCC1)C1(c2ccc3c(c2)OC(F)(F)O3)CC1. The van der Waals surface area contributed by atoms with Crippen molar-refractivity contribution in [2.45, 2.75) is 43.4 Å². The van der Waals surface area contributed by atoms with Crippen LogP contribution in [0.25, 0.3) is 0 Å². The Balaban J connectivity index is 1.52. The van der Waals surface area contributed by atoms with Crippen LogP contribution < -0.4 is 14.8 Å². The molecular weight excluding hydrogens is 308 g/mol. The molecule has 0 unspecified atom stereocenters. The van der Waals surface area contributed by atoms with E-state index < -0.39 is 11.7 Å². The van der Waals surface area contributed by atoms with Crippen LogP contribution in [-0.2, 0) is 14.9 Å². The molecule has 0 atom stereocenters. The van der Waals surface area contributed by atoms with E-state index in [0.717, 1.165) is 12.8 Å². The van der Waals surface area contributed by atoms with Crippen molar-refractivity contribution in [3.05, 3.63) is 23.8 Å². The average molecular weight is 325 g/mol. The van der Waals surface area contributed by atoms with E-state index in [4.69, 9.17) is 4.74 Å². The average Bonchev–Trinajstić information content (AvgIpc) is 3.26. The molecule has 1 amide bonds. The predicted molar refractivity (Wildman–Crippen MR) is 75.5 cm³/mol. The Hall–Kier alpha value is -1.89. The summed E-state index contributed by atoms with van der Waals surface area (Å²) in [6.45, 7) is 1.30. The molecule has 1 aromatic carbocycles. The number of carbonyl (C=O) groups excluding carboxylic acids is 1. The van der Waals surface area contributed by atoms with Crippen LogP contribution in [0.15, 0.2) is 18.2 Å². The van der Waals surface area contributed by atoms with Gasteiger partial charge in [0.05, 0.1) is 5.41 Å².